The van der Waals surface area contributed by atoms with Gasteiger partial charge in [-0.05, 0) is 65.9 Å². The van der Waals surface area contributed by atoms with Gasteiger partial charge in [0.25, 0.3) is 0 Å². The highest BCUT2D eigenvalue weighted by molar-refractivity contribution is 6.04. The molecule has 2 heterocycles. The van der Waals surface area contributed by atoms with Crippen molar-refractivity contribution in [2.75, 3.05) is 19.0 Å². The average molecular weight is 459 g/mol. The first-order valence-corrected chi connectivity index (χ1v) is 11.5. The number of ether oxygens (including phenoxy) is 3. The van der Waals surface area contributed by atoms with Crippen LogP contribution >= 0.6 is 0 Å². The summed E-state index contributed by atoms with van der Waals surface area (Å²) in [7, 11) is 1.55. The smallest absolute Gasteiger partial charge is 0.407 e. The van der Waals surface area contributed by atoms with Gasteiger partial charge in [0.1, 0.15) is 11.2 Å². The number of rotatable bonds is 6. The Bertz CT molecular complexity index is 989. The molecule has 1 aliphatic rings. The summed E-state index contributed by atoms with van der Waals surface area (Å²) in [6, 6.07) is 3.77. The molecule has 2 unspecified atom stereocenters. The van der Waals surface area contributed by atoms with Gasteiger partial charge in [-0.15, -0.1) is 0 Å². The minimum atomic E-state index is -0.526. The number of hydrogen-bond donors (Lipinski definition) is 2. The summed E-state index contributed by atoms with van der Waals surface area (Å²) in [6.07, 6.45) is 5.46. The fourth-order valence-electron chi connectivity index (χ4n) is 3.96. The molecule has 0 saturated heterocycles. The van der Waals surface area contributed by atoms with E-state index in [0.29, 0.717) is 22.8 Å². The lowest BCUT2D eigenvalue weighted by Crippen LogP contribution is -2.39. The molecule has 1 saturated carbocycles. The van der Waals surface area contributed by atoms with E-state index in [-0.39, 0.29) is 24.8 Å². The molecule has 0 radical (unpaired) electrons. The molecule has 0 aliphatic heterocycles. The van der Waals surface area contributed by atoms with E-state index in [0.717, 1.165) is 37.5 Å². The lowest BCUT2D eigenvalue weighted by Gasteiger charge is -2.23. The van der Waals surface area contributed by atoms with Gasteiger partial charge < -0.3 is 24.8 Å². The van der Waals surface area contributed by atoms with Gasteiger partial charge in [0.05, 0.1) is 19.4 Å². The van der Waals surface area contributed by atoms with Crippen LogP contribution in [0.2, 0.25) is 0 Å². The molecule has 2 aromatic rings. The van der Waals surface area contributed by atoms with E-state index >= 15 is 0 Å². The number of carbonyl (C=O) groups is 2. The molecule has 1 amide bonds. The number of pyridine rings is 2. The van der Waals surface area contributed by atoms with Gasteiger partial charge in [0, 0.05) is 29.7 Å². The van der Waals surface area contributed by atoms with Crippen LogP contribution in [0.1, 0.15) is 70.2 Å². The van der Waals surface area contributed by atoms with Crippen molar-refractivity contribution in [3.8, 4) is 5.88 Å². The van der Waals surface area contributed by atoms with Crippen molar-refractivity contribution >= 4 is 28.8 Å². The van der Waals surface area contributed by atoms with Gasteiger partial charge in [0.2, 0.25) is 5.88 Å². The molecule has 2 atom stereocenters. The van der Waals surface area contributed by atoms with E-state index in [1.165, 1.54) is 6.20 Å². The van der Waals surface area contributed by atoms with Crippen LogP contribution < -0.4 is 15.4 Å². The minimum Gasteiger partial charge on any atom is -0.481 e. The SMILES string of the molecule is CCOC(=O)c1cnc2nc(OC)ccc2c1NC1CCCC(NC(=O)OC(C)(C)C)CC1. The number of aromatic nitrogens is 2. The molecule has 1 aliphatic carbocycles. The number of methoxy groups -OCH3 is 1. The van der Waals surface area contributed by atoms with Crippen LogP contribution in [0.15, 0.2) is 18.3 Å². The van der Waals surface area contributed by atoms with E-state index in [4.69, 9.17) is 14.2 Å². The van der Waals surface area contributed by atoms with Gasteiger partial charge in [-0.2, -0.15) is 4.98 Å². The van der Waals surface area contributed by atoms with Crippen molar-refractivity contribution in [1.82, 2.24) is 15.3 Å². The Balaban J connectivity index is 1.78. The number of amides is 1. The summed E-state index contributed by atoms with van der Waals surface area (Å²) in [5.74, 6) is 0.0265. The second-order valence-electron chi connectivity index (χ2n) is 9.18. The van der Waals surface area contributed by atoms with E-state index in [9.17, 15) is 9.59 Å². The van der Waals surface area contributed by atoms with Gasteiger partial charge >= 0.3 is 12.1 Å². The van der Waals surface area contributed by atoms with Crippen LogP contribution in [-0.4, -0.2) is 53.4 Å². The van der Waals surface area contributed by atoms with Crippen molar-refractivity contribution in [3.63, 3.8) is 0 Å². The number of alkyl carbamates (subject to hydrolysis) is 1. The molecule has 2 aromatic heterocycles. The first-order chi connectivity index (χ1) is 15.7. The average Bonchev–Trinajstić information content (AvgIpc) is 2.97. The maximum atomic E-state index is 12.6. The van der Waals surface area contributed by atoms with Gasteiger partial charge in [-0.25, -0.2) is 14.6 Å². The van der Waals surface area contributed by atoms with Crippen molar-refractivity contribution in [2.24, 2.45) is 0 Å². The molecule has 1 fully saturated rings. The highest BCUT2D eigenvalue weighted by Gasteiger charge is 2.25. The molecule has 2 N–H and O–H groups in total. The number of hydrogen-bond acceptors (Lipinski definition) is 8. The van der Waals surface area contributed by atoms with Gasteiger partial charge in [-0.3, -0.25) is 0 Å². The van der Waals surface area contributed by atoms with E-state index in [1.807, 2.05) is 26.8 Å². The summed E-state index contributed by atoms with van der Waals surface area (Å²) in [4.78, 5) is 33.5. The summed E-state index contributed by atoms with van der Waals surface area (Å²) >= 11 is 0. The number of carbonyl (C=O) groups excluding carboxylic acids is 2. The molecule has 33 heavy (non-hydrogen) atoms. The molecule has 3 rings (SSSR count). The Morgan fingerprint density at radius 3 is 2.55 bits per heavy atom. The summed E-state index contributed by atoms with van der Waals surface area (Å²) in [5, 5.41) is 7.28. The molecular formula is C24H34N4O5. The molecule has 0 spiro atoms. The van der Waals surface area contributed by atoms with Gasteiger partial charge in [0.15, 0.2) is 5.65 Å². The second kappa shape index (κ2) is 10.7. The Labute approximate surface area is 194 Å². The third-order valence-electron chi connectivity index (χ3n) is 5.45. The van der Waals surface area contributed by atoms with Gasteiger partial charge in [-0.1, -0.05) is 0 Å². The van der Waals surface area contributed by atoms with Crippen molar-refractivity contribution in [2.45, 2.75) is 77.5 Å². The fraction of sp³-hybridized carbons (Fsp3) is 0.583. The molecule has 0 bridgehead atoms. The standard InChI is InChI=1S/C24H34N4O5/c1-6-32-22(29)18-14-25-21-17(12-13-19(28-21)31-5)20(18)26-15-8-7-9-16(11-10-15)27-23(30)33-24(2,3)4/h12-16H,6-11H2,1-5H3,(H,27,30)(H,25,26,28). The molecule has 9 nitrogen and oxygen atoms in total. The maximum absolute atomic E-state index is 12.6. The normalized spacial score (nSPS) is 18.8. The quantitative estimate of drug-likeness (QED) is 0.482. The fourth-order valence-corrected chi connectivity index (χ4v) is 3.96. The van der Waals surface area contributed by atoms with Crippen LogP contribution in [-0.2, 0) is 9.47 Å². The number of esters is 1. The first-order valence-electron chi connectivity index (χ1n) is 11.5. The molecule has 9 heteroatoms. The lowest BCUT2D eigenvalue weighted by molar-refractivity contribution is 0.0496. The van der Waals surface area contributed by atoms with Crippen LogP contribution in [0.5, 0.6) is 5.88 Å². The molecular weight excluding hydrogens is 424 g/mol. The largest absolute Gasteiger partial charge is 0.481 e. The highest BCUT2D eigenvalue weighted by atomic mass is 16.6. The highest BCUT2D eigenvalue weighted by Crippen LogP contribution is 2.30. The molecule has 180 valence electrons. The predicted molar refractivity (Wildman–Crippen MR) is 126 cm³/mol. The van der Waals surface area contributed by atoms with E-state index in [2.05, 4.69) is 20.6 Å². The summed E-state index contributed by atoms with van der Waals surface area (Å²) in [5.41, 5.74) is 1.01. The van der Waals surface area contributed by atoms with Crippen LogP contribution in [0, 0.1) is 0 Å². The zero-order valence-electron chi connectivity index (χ0n) is 20.1. The third kappa shape index (κ3) is 6.69. The predicted octanol–water partition coefficient (Wildman–Crippen LogP) is 4.45. The first kappa shape index (κ1) is 24.5. The number of anilines is 1. The number of nitrogens with one attached hydrogen (secondary N) is 2. The Hall–Kier alpha value is -3.10. The number of nitrogens with zero attached hydrogens (tertiary/aromatic N) is 2. The summed E-state index contributed by atoms with van der Waals surface area (Å²) < 4.78 is 15.9. The third-order valence-corrected chi connectivity index (χ3v) is 5.45. The monoisotopic (exact) mass is 458 g/mol. The lowest BCUT2D eigenvalue weighted by atomic mass is 10.1. The van der Waals surface area contributed by atoms with Crippen molar-refractivity contribution < 1.29 is 23.8 Å². The maximum Gasteiger partial charge on any atom is 0.407 e. The number of fused-ring (bicyclic) bond motifs is 1. The van der Waals surface area contributed by atoms with Crippen LogP contribution in [0.3, 0.4) is 0 Å². The molecule has 0 aromatic carbocycles. The Morgan fingerprint density at radius 1 is 1.12 bits per heavy atom. The Kier molecular flexibility index (Phi) is 7.94. The Morgan fingerprint density at radius 2 is 1.85 bits per heavy atom. The zero-order valence-corrected chi connectivity index (χ0v) is 20.1. The zero-order chi connectivity index (χ0) is 24.0. The topological polar surface area (TPSA) is 112 Å². The van der Waals surface area contributed by atoms with E-state index in [1.54, 1.807) is 20.1 Å². The minimum absolute atomic E-state index is 0.0521. The van der Waals surface area contributed by atoms with Crippen molar-refractivity contribution in [3.05, 3.63) is 23.9 Å². The second-order valence-corrected chi connectivity index (χ2v) is 9.18. The van der Waals surface area contributed by atoms with Crippen LogP contribution in [0.25, 0.3) is 11.0 Å². The van der Waals surface area contributed by atoms with Crippen LogP contribution in [0.4, 0.5) is 10.5 Å². The van der Waals surface area contributed by atoms with E-state index < -0.39 is 11.6 Å². The van der Waals surface area contributed by atoms with Crippen molar-refractivity contribution in [1.29, 1.82) is 0 Å². The summed E-state index contributed by atoms with van der Waals surface area (Å²) in [6.45, 7) is 7.60.